The molecule has 1 fully saturated rings. The quantitative estimate of drug-likeness (QED) is 0.921. The Morgan fingerprint density at radius 3 is 2.76 bits per heavy atom. The molecule has 0 saturated heterocycles. The number of aryl methyl sites for hydroxylation is 2. The average Bonchev–Trinajstić information content (AvgIpc) is 2.85. The molecule has 0 spiro atoms. The van der Waals surface area contributed by atoms with Gasteiger partial charge in [-0.05, 0) is 38.2 Å². The molecule has 1 amide bonds. The van der Waals surface area contributed by atoms with E-state index in [1.165, 1.54) is 12.6 Å². The van der Waals surface area contributed by atoms with Gasteiger partial charge >= 0.3 is 0 Å². The lowest BCUT2D eigenvalue weighted by atomic mass is 9.80. The number of aliphatic hydroxyl groups is 1. The SMILES string of the molecule is Cc1cnc(C(=O)N2CCCn3nc([C@@H](O)C4CCC4)cc3C2)cn1. The van der Waals surface area contributed by atoms with E-state index in [1.807, 2.05) is 17.7 Å². The molecular weight excluding hydrogens is 318 g/mol. The van der Waals surface area contributed by atoms with Crippen LogP contribution in [0.3, 0.4) is 0 Å². The summed E-state index contributed by atoms with van der Waals surface area (Å²) < 4.78 is 1.94. The number of hydrogen-bond donors (Lipinski definition) is 1. The summed E-state index contributed by atoms with van der Waals surface area (Å²) in [5, 5.41) is 15.1. The van der Waals surface area contributed by atoms with Gasteiger partial charge in [-0.15, -0.1) is 0 Å². The number of aromatic nitrogens is 4. The predicted octanol–water partition coefficient (Wildman–Crippen LogP) is 1.86. The van der Waals surface area contributed by atoms with E-state index in [0.29, 0.717) is 24.7 Å². The van der Waals surface area contributed by atoms with Crippen LogP contribution < -0.4 is 0 Å². The first-order valence-electron chi connectivity index (χ1n) is 8.94. The van der Waals surface area contributed by atoms with Gasteiger partial charge in [-0.1, -0.05) is 6.42 Å². The van der Waals surface area contributed by atoms with Gasteiger partial charge in [0, 0.05) is 19.3 Å². The number of aliphatic hydroxyl groups excluding tert-OH is 1. The van der Waals surface area contributed by atoms with Crippen LogP contribution in [0.1, 0.15) is 59.4 Å². The molecule has 7 nitrogen and oxygen atoms in total. The van der Waals surface area contributed by atoms with Crippen molar-refractivity contribution in [2.24, 2.45) is 5.92 Å². The maximum atomic E-state index is 12.7. The van der Waals surface area contributed by atoms with Gasteiger partial charge in [-0.3, -0.25) is 14.5 Å². The summed E-state index contributed by atoms with van der Waals surface area (Å²) in [5.74, 6) is 0.225. The van der Waals surface area contributed by atoms with Crippen molar-refractivity contribution < 1.29 is 9.90 Å². The Morgan fingerprint density at radius 1 is 1.24 bits per heavy atom. The number of rotatable bonds is 3. The van der Waals surface area contributed by atoms with Crippen LogP contribution in [-0.2, 0) is 13.1 Å². The lowest BCUT2D eigenvalue weighted by Crippen LogP contribution is -2.31. The van der Waals surface area contributed by atoms with E-state index in [2.05, 4.69) is 15.1 Å². The zero-order valence-corrected chi connectivity index (χ0v) is 14.4. The Kier molecular flexibility index (Phi) is 4.25. The second-order valence-corrected chi connectivity index (χ2v) is 7.04. The predicted molar refractivity (Wildman–Crippen MR) is 90.7 cm³/mol. The van der Waals surface area contributed by atoms with Gasteiger partial charge in [0.25, 0.3) is 5.91 Å². The third kappa shape index (κ3) is 3.16. The van der Waals surface area contributed by atoms with Crippen molar-refractivity contribution in [1.29, 1.82) is 0 Å². The minimum atomic E-state index is -0.486. The summed E-state index contributed by atoms with van der Waals surface area (Å²) >= 11 is 0. The van der Waals surface area contributed by atoms with Crippen molar-refractivity contribution in [3.8, 4) is 0 Å². The number of nitrogens with zero attached hydrogens (tertiary/aromatic N) is 5. The standard InChI is InChI=1S/C18H23N5O2/c1-12-9-20-16(10-19-12)18(25)22-6-3-7-23-14(11-22)8-15(21-23)17(24)13-4-2-5-13/h8-10,13,17,24H,2-7,11H2,1H3/t17-/m0/s1. The first-order valence-corrected chi connectivity index (χ1v) is 8.94. The molecule has 1 saturated carbocycles. The van der Waals surface area contributed by atoms with Crippen LogP contribution in [0.25, 0.3) is 0 Å². The topological polar surface area (TPSA) is 84.1 Å². The molecule has 1 N–H and O–H groups in total. The van der Waals surface area contributed by atoms with Crippen LogP contribution in [0.4, 0.5) is 0 Å². The molecule has 0 aromatic carbocycles. The number of carbonyl (C=O) groups excluding carboxylic acids is 1. The molecule has 2 aromatic rings. The maximum absolute atomic E-state index is 12.7. The van der Waals surface area contributed by atoms with E-state index >= 15 is 0 Å². The molecular formula is C18H23N5O2. The van der Waals surface area contributed by atoms with Crippen molar-refractivity contribution in [3.05, 3.63) is 41.2 Å². The highest BCUT2D eigenvalue weighted by atomic mass is 16.3. The molecule has 2 aliphatic rings. The highest BCUT2D eigenvalue weighted by Crippen LogP contribution is 2.37. The summed E-state index contributed by atoms with van der Waals surface area (Å²) in [6, 6.07) is 1.95. The minimum absolute atomic E-state index is 0.108. The Labute approximate surface area is 146 Å². The minimum Gasteiger partial charge on any atom is -0.386 e. The molecule has 7 heteroatoms. The number of fused-ring (bicyclic) bond motifs is 1. The largest absolute Gasteiger partial charge is 0.386 e. The van der Waals surface area contributed by atoms with E-state index in [0.717, 1.165) is 42.9 Å². The second kappa shape index (κ2) is 6.55. The molecule has 132 valence electrons. The fourth-order valence-electron chi connectivity index (χ4n) is 3.46. The van der Waals surface area contributed by atoms with Crippen molar-refractivity contribution >= 4 is 5.91 Å². The van der Waals surface area contributed by atoms with E-state index in [-0.39, 0.29) is 5.91 Å². The normalized spacial score (nSPS) is 19.0. The van der Waals surface area contributed by atoms with Gasteiger partial charge in [0.15, 0.2) is 0 Å². The van der Waals surface area contributed by atoms with Crippen molar-refractivity contribution in [2.75, 3.05) is 6.54 Å². The van der Waals surface area contributed by atoms with E-state index in [4.69, 9.17) is 0 Å². The lowest BCUT2D eigenvalue weighted by Gasteiger charge is -2.29. The summed E-state index contributed by atoms with van der Waals surface area (Å²) in [6.45, 7) is 3.76. The molecule has 1 aliphatic carbocycles. The third-order valence-corrected chi connectivity index (χ3v) is 5.22. The van der Waals surface area contributed by atoms with Crippen molar-refractivity contribution in [2.45, 2.75) is 51.8 Å². The van der Waals surface area contributed by atoms with Gasteiger partial charge in [0.2, 0.25) is 0 Å². The van der Waals surface area contributed by atoms with E-state index in [1.54, 1.807) is 11.1 Å². The Morgan fingerprint density at radius 2 is 2.08 bits per heavy atom. The summed E-state index contributed by atoms with van der Waals surface area (Å²) in [7, 11) is 0. The molecule has 3 heterocycles. The number of amides is 1. The molecule has 1 aliphatic heterocycles. The van der Waals surface area contributed by atoms with Crippen LogP contribution in [0.5, 0.6) is 0 Å². The molecule has 0 radical (unpaired) electrons. The Balaban J connectivity index is 1.53. The van der Waals surface area contributed by atoms with Crippen LogP contribution in [0.2, 0.25) is 0 Å². The van der Waals surface area contributed by atoms with Gasteiger partial charge in [0.1, 0.15) is 11.8 Å². The molecule has 0 bridgehead atoms. The zero-order valence-electron chi connectivity index (χ0n) is 14.4. The Bertz CT molecular complexity index is 766. The summed E-state index contributed by atoms with van der Waals surface area (Å²) in [5.41, 5.74) is 2.87. The molecule has 1 atom stereocenters. The molecule has 4 rings (SSSR count). The molecule has 25 heavy (non-hydrogen) atoms. The third-order valence-electron chi connectivity index (χ3n) is 5.22. The van der Waals surface area contributed by atoms with Gasteiger partial charge in [-0.25, -0.2) is 4.98 Å². The van der Waals surface area contributed by atoms with Crippen LogP contribution in [0, 0.1) is 12.8 Å². The van der Waals surface area contributed by atoms with Crippen molar-refractivity contribution in [3.63, 3.8) is 0 Å². The van der Waals surface area contributed by atoms with Gasteiger partial charge in [0.05, 0.1) is 29.8 Å². The maximum Gasteiger partial charge on any atom is 0.274 e. The Hall–Kier alpha value is -2.28. The van der Waals surface area contributed by atoms with Gasteiger partial charge < -0.3 is 10.0 Å². The van der Waals surface area contributed by atoms with Crippen LogP contribution in [-0.4, -0.2) is 42.2 Å². The highest BCUT2D eigenvalue weighted by molar-refractivity contribution is 5.91. The fourth-order valence-corrected chi connectivity index (χ4v) is 3.46. The van der Waals surface area contributed by atoms with E-state index in [9.17, 15) is 9.90 Å². The van der Waals surface area contributed by atoms with Gasteiger partial charge in [-0.2, -0.15) is 5.10 Å². The fraction of sp³-hybridized carbons (Fsp3) is 0.556. The van der Waals surface area contributed by atoms with Crippen molar-refractivity contribution in [1.82, 2.24) is 24.6 Å². The number of carbonyl (C=O) groups is 1. The van der Waals surface area contributed by atoms with E-state index < -0.39 is 6.10 Å². The number of hydrogen-bond acceptors (Lipinski definition) is 5. The first kappa shape index (κ1) is 16.2. The average molecular weight is 341 g/mol. The first-order chi connectivity index (χ1) is 12.1. The van der Waals surface area contributed by atoms with Crippen LogP contribution >= 0.6 is 0 Å². The lowest BCUT2D eigenvalue weighted by molar-refractivity contribution is 0.0580. The smallest absolute Gasteiger partial charge is 0.274 e. The monoisotopic (exact) mass is 341 g/mol. The second-order valence-electron chi connectivity index (χ2n) is 7.04. The molecule has 0 unspecified atom stereocenters. The highest BCUT2D eigenvalue weighted by Gasteiger charge is 2.30. The summed E-state index contributed by atoms with van der Waals surface area (Å²) in [6.07, 6.45) is 6.82. The molecule has 2 aromatic heterocycles. The van der Waals surface area contributed by atoms with Crippen LogP contribution in [0.15, 0.2) is 18.5 Å². The zero-order chi connectivity index (χ0) is 17.4. The summed E-state index contributed by atoms with van der Waals surface area (Å²) in [4.78, 5) is 22.9.